The van der Waals surface area contributed by atoms with Gasteiger partial charge in [0.1, 0.15) is 11.3 Å². The molecule has 0 bridgehead atoms. The van der Waals surface area contributed by atoms with Gasteiger partial charge in [0.25, 0.3) is 5.56 Å². The van der Waals surface area contributed by atoms with E-state index in [0.29, 0.717) is 6.29 Å². The van der Waals surface area contributed by atoms with Crippen molar-refractivity contribution in [2.24, 2.45) is 0 Å². The van der Waals surface area contributed by atoms with E-state index in [-0.39, 0.29) is 23.0 Å². The van der Waals surface area contributed by atoms with Crippen LogP contribution in [-0.4, -0.2) is 16.1 Å². The highest BCUT2D eigenvalue weighted by molar-refractivity contribution is 6.41. The molecular formula is C7H6Cl2N2O2. The minimum atomic E-state index is -0.476. The van der Waals surface area contributed by atoms with Gasteiger partial charge in [-0.05, 0) is 0 Å². The molecule has 0 saturated carbocycles. The van der Waals surface area contributed by atoms with E-state index in [1.165, 1.54) is 6.20 Å². The summed E-state index contributed by atoms with van der Waals surface area (Å²) in [7, 11) is 0. The summed E-state index contributed by atoms with van der Waals surface area (Å²) in [4.78, 5) is 21.3. The van der Waals surface area contributed by atoms with Crippen LogP contribution in [0, 0.1) is 0 Å². The van der Waals surface area contributed by atoms with E-state index in [1.54, 1.807) is 0 Å². The minimum Gasteiger partial charge on any atom is -0.303 e. The zero-order valence-corrected chi connectivity index (χ0v) is 8.05. The lowest BCUT2D eigenvalue weighted by molar-refractivity contribution is -0.108. The van der Waals surface area contributed by atoms with Crippen molar-refractivity contribution in [2.45, 2.75) is 13.0 Å². The topological polar surface area (TPSA) is 52.0 Å². The lowest BCUT2D eigenvalue weighted by Crippen LogP contribution is -2.23. The van der Waals surface area contributed by atoms with Crippen LogP contribution in [0.1, 0.15) is 6.42 Å². The monoisotopic (exact) mass is 220 g/mol. The summed E-state index contributed by atoms with van der Waals surface area (Å²) >= 11 is 11.1. The molecule has 0 spiro atoms. The fraction of sp³-hybridized carbons (Fsp3) is 0.286. The van der Waals surface area contributed by atoms with Crippen molar-refractivity contribution >= 4 is 29.5 Å². The third-order valence-corrected chi connectivity index (χ3v) is 2.15. The minimum absolute atomic E-state index is 0.0671. The van der Waals surface area contributed by atoms with Crippen LogP contribution >= 0.6 is 23.2 Å². The molecule has 13 heavy (non-hydrogen) atoms. The molecule has 0 aliphatic heterocycles. The highest BCUT2D eigenvalue weighted by Crippen LogP contribution is 2.14. The Labute approximate surface area is 84.1 Å². The Morgan fingerprint density at radius 3 is 2.85 bits per heavy atom. The van der Waals surface area contributed by atoms with Gasteiger partial charge in [-0.1, -0.05) is 23.2 Å². The van der Waals surface area contributed by atoms with Gasteiger partial charge in [-0.15, -0.1) is 0 Å². The van der Waals surface area contributed by atoms with Gasteiger partial charge in [0.2, 0.25) is 0 Å². The van der Waals surface area contributed by atoms with Gasteiger partial charge in [0.05, 0.1) is 17.8 Å². The third-order valence-electron chi connectivity index (χ3n) is 1.40. The maximum Gasteiger partial charge on any atom is 0.287 e. The van der Waals surface area contributed by atoms with E-state index < -0.39 is 5.56 Å². The van der Waals surface area contributed by atoms with Crippen molar-refractivity contribution in [3.8, 4) is 0 Å². The summed E-state index contributed by atoms with van der Waals surface area (Å²) in [6.07, 6.45) is 2.21. The number of hydrogen-bond donors (Lipinski definition) is 0. The van der Waals surface area contributed by atoms with E-state index in [4.69, 9.17) is 23.2 Å². The summed E-state index contributed by atoms with van der Waals surface area (Å²) in [6, 6.07) is 0. The average Bonchev–Trinajstić information content (AvgIpc) is 2.13. The quantitative estimate of drug-likeness (QED) is 0.719. The maximum absolute atomic E-state index is 11.3. The van der Waals surface area contributed by atoms with Crippen LogP contribution in [0.4, 0.5) is 0 Å². The summed E-state index contributed by atoms with van der Waals surface area (Å²) in [5.41, 5.74) is -0.476. The second kappa shape index (κ2) is 4.39. The zero-order valence-electron chi connectivity index (χ0n) is 6.54. The van der Waals surface area contributed by atoms with Crippen molar-refractivity contribution in [3.63, 3.8) is 0 Å². The second-order valence-corrected chi connectivity index (χ2v) is 3.08. The highest BCUT2D eigenvalue weighted by Gasteiger charge is 2.06. The number of aromatic nitrogens is 2. The molecule has 0 N–H and O–H groups in total. The average molecular weight is 221 g/mol. The zero-order chi connectivity index (χ0) is 9.84. The summed E-state index contributed by atoms with van der Waals surface area (Å²) in [5, 5.41) is 3.76. The van der Waals surface area contributed by atoms with Gasteiger partial charge in [-0.2, -0.15) is 5.10 Å². The van der Waals surface area contributed by atoms with Crippen LogP contribution in [0.5, 0.6) is 0 Å². The second-order valence-electron chi connectivity index (χ2n) is 2.29. The smallest absolute Gasteiger partial charge is 0.287 e. The number of carbonyl (C=O) groups excluding carboxylic acids is 1. The molecule has 0 aliphatic rings. The van der Waals surface area contributed by atoms with Gasteiger partial charge in [0, 0.05) is 6.42 Å². The van der Waals surface area contributed by atoms with Crippen molar-refractivity contribution < 1.29 is 4.79 Å². The number of nitrogens with zero attached hydrogens (tertiary/aromatic N) is 2. The van der Waals surface area contributed by atoms with Gasteiger partial charge in [-0.25, -0.2) is 4.68 Å². The molecule has 0 aromatic carbocycles. The predicted molar refractivity (Wildman–Crippen MR) is 49.2 cm³/mol. The number of aryl methyl sites for hydroxylation is 1. The Morgan fingerprint density at radius 2 is 2.23 bits per heavy atom. The normalized spacial score (nSPS) is 10.0. The standard InChI is InChI=1S/C7H6Cl2N2O2/c8-5-4-10-11(2-1-3-12)7(13)6(5)9/h3-4H,1-2H2. The third kappa shape index (κ3) is 2.29. The molecule has 70 valence electrons. The van der Waals surface area contributed by atoms with Gasteiger partial charge in [0.15, 0.2) is 0 Å². The Morgan fingerprint density at radius 1 is 1.54 bits per heavy atom. The highest BCUT2D eigenvalue weighted by atomic mass is 35.5. The lowest BCUT2D eigenvalue weighted by atomic mass is 10.4. The Balaban J connectivity index is 3.04. The van der Waals surface area contributed by atoms with Gasteiger partial charge in [-0.3, -0.25) is 4.79 Å². The van der Waals surface area contributed by atoms with E-state index in [9.17, 15) is 9.59 Å². The molecule has 0 aliphatic carbocycles. The van der Waals surface area contributed by atoms with E-state index in [0.717, 1.165) is 4.68 Å². The molecule has 1 heterocycles. The molecule has 1 rings (SSSR count). The molecular weight excluding hydrogens is 215 g/mol. The summed E-state index contributed by atoms with van der Waals surface area (Å²) < 4.78 is 1.10. The number of hydrogen-bond acceptors (Lipinski definition) is 3. The van der Waals surface area contributed by atoms with Crippen molar-refractivity contribution in [2.75, 3.05) is 0 Å². The van der Waals surface area contributed by atoms with Gasteiger partial charge < -0.3 is 4.79 Å². The molecule has 0 radical (unpaired) electrons. The first-order valence-electron chi connectivity index (χ1n) is 3.51. The fourth-order valence-corrected chi connectivity index (χ4v) is 1.05. The molecule has 0 amide bonds. The van der Waals surface area contributed by atoms with Crippen LogP contribution in [-0.2, 0) is 11.3 Å². The Hall–Kier alpha value is -0.870. The number of carbonyl (C=O) groups is 1. The summed E-state index contributed by atoms with van der Waals surface area (Å²) in [6.45, 7) is 0.221. The first-order valence-corrected chi connectivity index (χ1v) is 4.27. The van der Waals surface area contributed by atoms with Crippen molar-refractivity contribution in [3.05, 3.63) is 26.6 Å². The molecule has 1 aromatic rings. The molecule has 0 fully saturated rings. The molecule has 0 unspecified atom stereocenters. The molecule has 0 atom stereocenters. The fourth-order valence-electron chi connectivity index (χ4n) is 0.779. The summed E-state index contributed by atoms with van der Waals surface area (Å²) in [5.74, 6) is 0. The molecule has 6 heteroatoms. The molecule has 4 nitrogen and oxygen atoms in total. The number of rotatable bonds is 3. The Bertz CT molecular complexity index is 375. The number of halogens is 2. The molecule has 0 saturated heterocycles. The van der Waals surface area contributed by atoms with E-state index >= 15 is 0 Å². The predicted octanol–water partition coefficient (Wildman–Crippen LogP) is 1.14. The maximum atomic E-state index is 11.3. The van der Waals surface area contributed by atoms with Crippen molar-refractivity contribution in [1.82, 2.24) is 9.78 Å². The van der Waals surface area contributed by atoms with Crippen LogP contribution in [0.2, 0.25) is 10.0 Å². The number of aldehydes is 1. The first kappa shape index (κ1) is 10.2. The first-order chi connectivity index (χ1) is 6.16. The van der Waals surface area contributed by atoms with Crippen LogP contribution in [0.3, 0.4) is 0 Å². The lowest BCUT2D eigenvalue weighted by Gasteiger charge is -2.01. The van der Waals surface area contributed by atoms with Crippen LogP contribution in [0.25, 0.3) is 0 Å². The van der Waals surface area contributed by atoms with E-state index in [1.807, 2.05) is 0 Å². The molecule has 1 aromatic heterocycles. The van der Waals surface area contributed by atoms with Gasteiger partial charge >= 0.3 is 0 Å². The largest absolute Gasteiger partial charge is 0.303 e. The SMILES string of the molecule is O=CCCn1ncc(Cl)c(Cl)c1=O. The van der Waals surface area contributed by atoms with E-state index in [2.05, 4.69) is 5.10 Å². The van der Waals surface area contributed by atoms with Crippen LogP contribution < -0.4 is 5.56 Å². The van der Waals surface area contributed by atoms with Crippen LogP contribution in [0.15, 0.2) is 11.0 Å². The Kier molecular flexibility index (Phi) is 3.45. The van der Waals surface area contributed by atoms with Crippen molar-refractivity contribution in [1.29, 1.82) is 0 Å².